The molecule has 0 bridgehead atoms. The minimum Gasteiger partial charge on any atom is -0.310 e. The third-order valence-corrected chi connectivity index (χ3v) is 4.53. The molecule has 132 valence electrons. The van der Waals surface area contributed by atoms with Crippen molar-refractivity contribution in [1.29, 1.82) is 0 Å². The molecule has 0 saturated heterocycles. The second-order valence-electron chi connectivity index (χ2n) is 5.48. The van der Waals surface area contributed by atoms with E-state index in [1.165, 1.54) is 6.07 Å². The number of aryl methyl sites for hydroxylation is 1. The molecule has 0 aliphatic heterocycles. The number of alkyl halides is 3. The van der Waals surface area contributed by atoms with Crippen molar-refractivity contribution < 1.29 is 13.2 Å². The highest BCUT2D eigenvalue weighted by Crippen LogP contribution is 2.30. The number of nitrogens with zero attached hydrogens (tertiary/aromatic N) is 4. The van der Waals surface area contributed by atoms with Crippen molar-refractivity contribution in [3.8, 4) is 0 Å². The van der Waals surface area contributed by atoms with Gasteiger partial charge in [-0.2, -0.15) is 18.3 Å². The van der Waals surface area contributed by atoms with Gasteiger partial charge in [-0.15, -0.1) is 0 Å². The summed E-state index contributed by atoms with van der Waals surface area (Å²) in [7, 11) is 0. The summed E-state index contributed by atoms with van der Waals surface area (Å²) in [6.45, 7) is 3.52. The first-order valence-corrected chi connectivity index (χ1v) is 8.48. The minimum atomic E-state index is -4.44. The van der Waals surface area contributed by atoms with Gasteiger partial charge in [0.15, 0.2) is 5.65 Å². The number of hydrogen-bond acceptors (Lipinski definition) is 4. The van der Waals surface area contributed by atoms with Gasteiger partial charge in [0.25, 0.3) is 5.56 Å². The molecule has 3 aromatic rings. The molecular weight excluding hydrogens is 450 g/mol. The van der Waals surface area contributed by atoms with Crippen LogP contribution in [0.2, 0.25) is 0 Å². The van der Waals surface area contributed by atoms with E-state index in [1.807, 2.05) is 29.5 Å². The number of fused-ring (bicyclic) bond motifs is 1. The Hall–Kier alpha value is -1.98. The zero-order chi connectivity index (χ0) is 18.4. The molecular formula is C15H13F3IN5O. The standard InChI is InChI=1S/C15H13F3IN5O/c1-3-10(9-5-4-8(6-20-9)15(16,17)18)24-13-11(12(19)23-24)14(25)22-7(2)21-13/h4-6,10H,3H2,1-2H3,(H,21,22,25). The van der Waals surface area contributed by atoms with Crippen LogP contribution in [0.5, 0.6) is 0 Å². The highest BCUT2D eigenvalue weighted by atomic mass is 127. The Balaban J connectivity index is 2.13. The van der Waals surface area contributed by atoms with Crippen LogP contribution in [0.1, 0.15) is 36.5 Å². The monoisotopic (exact) mass is 463 g/mol. The summed E-state index contributed by atoms with van der Waals surface area (Å²) in [5.41, 5.74) is -0.292. The first-order valence-electron chi connectivity index (χ1n) is 7.40. The second-order valence-corrected chi connectivity index (χ2v) is 6.50. The van der Waals surface area contributed by atoms with E-state index in [4.69, 9.17) is 0 Å². The quantitative estimate of drug-likeness (QED) is 0.604. The number of rotatable bonds is 3. The Morgan fingerprint density at radius 2 is 2.08 bits per heavy atom. The Morgan fingerprint density at radius 1 is 1.36 bits per heavy atom. The van der Waals surface area contributed by atoms with Gasteiger partial charge in [-0.25, -0.2) is 9.67 Å². The van der Waals surface area contributed by atoms with E-state index in [-0.39, 0.29) is 5.56 Å². The number of aromatic amines is 1. The molecule has 6 nitrogen and oxygen atoms in total. The van der Waals surface area contributed by atoms with E-state index in [0.717, 1.165) is 12.3 Å². The lowest BCUT2D eigenvalue weighted by Crippen LogP contribution is -2.16. The summed E-state index contributed by atoms with van der Waals surface area (Å²) in [5, 5.41) is 4.73. The number of nitrogens with one attached hydrogen (secondary N) is 1. The van der Waals surface area contributed by atoms with E-state index >= 15 is 0 Å². The van der Waals surface area contributed by atoms with Crippen LogP contribution in [0.25, 0.3) is 11.0 Å². The predicted octanol–water partition coefficient (Wildman–Crippen LogP) is 3.45. The van der Waals surface area contributed by atoms with Crippen LogP contribution in [0.3, 0.4) is 0 Å². The molecule has 0 aromatic carbocycles. The lowest BCUT2D eigenvalue weighted by Gasteiger charge is -2.16. The van der Waals surface area contributed by atoms with Crippen LogP contribution in [0, 0.1) is 10.6 Å². The third kappa shape index (κ3) is 3.26. The lowest BCUT2D eigenvalue weighted by atomic mass is 10.1. The molecule has 3 rings (SSSR count). The average molecular weight is 463 g/mol. The molecule has 1 N–H and O–H groups in total. The van der Waals surface area contributed by atoms with Gasteiger partial charge >= 0.3 is 6.18 Å². The molecule has 0 saturated carbocycles. The number of hydrogen-bond donors (Lipinski definition) is 1. The van der Waals surface area contributed by atoms with Gasteiger partial charge in [-0.3, -0.25) is 9.78 Å². The van der Waals surface area contributed by atoms with Crippen LogP contribution in [0.4, 0.5) is 13.2 Å². The average Bonchev–Trinajstić information content (AvgIpc) is 2.84. The van der Waals surface area contributed by atoms with Crippen molar-refractivity contribution in [2.24, 2.45) is 0 Å². The molecule has 0 aliphatic rings. The highest BCUT2D eigenvalue weighted by molar-refractivity contribution is 14.1. The summed E-state index contributed by atoms with van der Waals surface area (Å²) < 4.78 is 40.2. The number of halogens is 4. The number of H-pyrrole nitrogens is 1. The first-order chi connectivity index (χ1) is 11.7. The summed E-state index contributed by atoms with van der Waals surface area (Å²) in [6.07, 6.45) is -3.11. The summed E-state index contributed by atoms with van der Waals surface area (Å²) >= 11 is 1.94. The Morgan fingerprint density at radius 3 is 2.64 bits per heavy atom. The molecule has 0 spiro atoms. The summed E-state index contributed by atoms with van der Waals surface area (Å²) in [4.78, 5) is 23.1. The molecule has 0 fully saturated rings. The van der Waals surface area contributed by atoms with E-state index in [0.29, 0.717) is 32.7 Å². The van der Waals surface area contributed by atoms with Crippen molar-refractivity contribution in [3.63, 3.8) is 0 Å². The smallest absolute Gasteiger partial charge is 0.310 e. The van der Waals surface area contributed by atoms with Crippen molar-refractivity contribution >= 4 is 33.6 Å². The van der Waals surface area contributed by atoms with Crippen LogP contribution >= 0.6 is 22.6 Å². The van der Waals surface area contributed by atoms with E-state index in [2.05, 4.69) is 20.1 Å². The fourth-order valence-corrected chi connectivity index (χ4v) is 3.33. The largest absolute Gasteiger partial charge is 0.417 e. The Bertz CT molecular complexity index is 978. The second kappa shape index (κ2) is 6.39. The summed E-state index contributed by atoms with van der Waals surface area (Å²) in [5.74, 6) is 0.435. The van der Waals surface area contributed by atoms with Gasteiger partial charge in [0, 0.05) is 6.20 Å². The van der Waals surface area contributed by atoms with Gasteiger partial charge in [-0.05, 0) is 48.1 Å². The van der Waals surface area contributed by atoms with Crippen molar-refractivity contribution in [2.75, 3.05) is 0 Å². The predicted molar refractivity (Wildman–Crippen MR) is 93.3 cm³/mol. The van der Waals surface area contributed by atoms with Gasteiger partial charge in [0.1, 0.15) is 14.9 Å². The summed E-state index contributed by atoms with van der Waals surface area (Å²) in [6, 6.07) is 1.90. The number of aromatic nitrogens is 5. The van der Waals surface area contributed by atoms with Gasteiger partial charge in [-0.1, -0.05) is 6.92 Å². The van der Waals surface area contributed by atoms with E-state index in [9.17, 15) is 18.0 Å². The zero-order valence-corrected chi connectivity index (χ0v) is 15.4. The van der Waals surface area contributed by atoms with Crippen molar-refractivity contribution in [1.82, 2.24) is 24.7 Å². The minimum absolute atomic E-state index is 0.298. The number of pyridine rings is 1. The van der Waals surface area contributed by atoms with Crippen LogP contribution < -0.4 is 5.56 Å². The topological polar surface area (TPSA) is 76.5 Å². The van der Waals surface area contributed by atoms with Gasteiger partial charge < -0.3 is 4.98 Å². The first kappa shape index (κ1) is 17.8. The maximum Gasteiger partial charge on any atom is 0.417 e. The Kier molecular flexibility index (Phi) is 4.56. The highest BCUT2D eigenvalue weighted by Gasteiger charge is 2.31. The van der Waals surface area contributed by atoms with Gasteiger partial charge in [0.05, 0.1) is 17.3 Å². The fourth-order valence-electron chi connectivity index (χ4n) is 2.61. The van der Waals surface area contributed by atoms with Crippen LogP contribution in [-0.2, 0) is 6.18 Å². The normalized spacial score (nSPS) is 13.4. The maximum atomic E-state index is 12.7. The molecule has 25 heavy (non-hydrogen) atoms. The molecule has 1 atom stereocenters. The van der Waals surface area contributed by atoms with Crippen LogP contribution in [0.15, 0.2) is 23.1 Å². The van der Waals surface area contributed by atoms with Gasteiger partial charge in [0.2, 0.25) is 0 Å². The lowest BCUT2D eigenvalue weighted by molar-refractivity contribution is -0.137. The van der Waals surface area contributed by atoms with E-state index in [1.54, 1.807) is 11.6 Å². The molecule has 0 radical (unpaired) electrons. The Labute approximate surface area is 153 Å². The SMILES string of the molecule is CCC(c1ccc(C(F)(F)F)cn1)n1nc(I)c2c(=O)[nH]c(C)nc21. The molecule has 3 heterocycles. The maximum absolute atomic E-state index is 12.7. The molecule has 0 aliphatic carbocycles. The third-order valence-electron chi connectivity index (χ3n) is 3.77. The van der Waals surface area contributed by atoms with E-state index < -0.39 is 17.8 Å². The molecule has 10 heteroatoms. The van der Waals surface area contributed by atoms with Crippen LogP contribution in [-0.4, -0.2) is 24.7 Å². The van der Waals surface area contributed by atoms with Crippen molar-refractivity contribution in [3.05, 3.63) is 49.5 Å². The molecule has 3 aromatic heterocycles. The molecule has 1 unspecified atom stereocenters. The zero-order valence-electron chi connectivity index (χ0n) is 13.2. The van der Waals surface area contributed by atoms with Crippen molar-refractivity contribution in [2.45, 2.75) is 32.5 Å². The fraction of sp³-hybridized carbons (Fsp3) is 0.333. The molecule has 0 amide bonds.